The highest BCUT2D eigenvalue weighted by atomic mass is 35.5. The van der Waals surface area contributed by atoms with Gasteiger partial charge >= 0.3 is 0 Å². The molecule has 0 saturated heterocycles. The molecule has 1 unspecified atom stereocenters. The molecule has 0 fully saturated rings. The topological polar surface area (TPSA) is 75.4 Å². The van der Waals surface area contributed by atoms with Gasteiger partial charge in [0.15, 0.2) is 0 Å². The van der Waals surface area contributed by atoms with Crippen LogP contribution in [0.4, 0.5) is 0 Å². The molecular weight excluding hydrogens is 350 g/mol. The molecule has 0 aliphatic rings. The van der Waals surface area contributed by atoms with Crippen molar-refractivity contribution in [2.75, 3.05) is 19.6 Å². The van der Waals surface area contributed by atoms with Crippen LogP contribution < -0.4 is 4.72 Å². The van der Waals surface area contributed by atoms with Crippen LogP contribution in [0.5, 0.6) is 0 Å². The van der Waals surface area contributed by atoms with E-state index in [0.717, 1.165) is 18.7 Å². The van der Waals surface area contributed by atoms with Gasteiger partial charge in [0.05, 0.1) is 5.69 Å². The minimum Gasteiger partial charge on any atom is -0.364 e. The Balaban J connectivity index is 2.15. The monoisotopic (exact) mass is 371 g/mol. The predicted molar refractivity (Wildman–Crippen MR) is 94.2 cm³/mol. The lowest BCUT2D eigenvalue weighted by Gasteiger charge is -2.30. The van der Waals surface area contributed by atoms with E-state index in [1.165, 1.54) is 12.3 Å². The first kappa shape index (κ1) is 18.9. The minimum absolute atomic E-state index is 0.138. The molecule has 0 aliphatic carbocycles. The highest BCUT2D eigenvalue weighted by molar-refractivity contribution is 7.88. The zero-order valence-corrected chi connectivity index (χ0v) is 15.3. The van der Waals surface area contributed by atoms with Crippen molar-refractivity contribution in [1.29, 1.82) is 0 Å². The Bertz CT molecular complexity index is 731. The summed E-state index contributed by atoms with van der Waals surface area (Å²) in [5.74, 6) is -0.211. The molecule has 1 aromatic heterocycles. The van der Waals surface area contributed by atoms with E-state index in [1.54, 1.807) is 0 Å². The van der Waals surface area contributed by atoms with Gasteiger partial charge in [0, 0.05) is 23.7 Å². The number of nitrogens with one attached hydrogen (secondary N) is 1. The second-order valence-electron chi connectivity index (χ2n) is 5.36. The molecule has 1 heterocycles. The summed E-state index contributed by atoms with van der Waals surface area (Å²) in [5, 5.41) is 4.27. The van der Waals surface area contributed by atoms with Crippen LogP contribution in [0.25, 0.3) is 0 Å². The second kappa shape index (κ2) is 8.62. The average Bonchev–Trinajstić information content (AvgIpc) is 3.04. The number of hydrogen-bond acceptors (Lipinski definition) is 5. The standard InChI is InChI=1S/C16H22ClN3O3S/c1-3-20(4-2)16(14-7-5-6-8-15(14)17)11-18-24(21,22)12-13-9-10-23-19-13/h5-10,16,18H,3-4,11-12H2,1-2H3. The number of sulfonamides is 1. The highest BCUT2D eigenvalue weighted by Crippen LogP contribution is 2.27. The van der Waals surface area contributed by atoms with Gasteiger partial charge in [-0.05, 0) is 24.7 Å². The molecule has 0 spiro atoms. The Morgan fingerprint density at radius 1 is 1.25 bits per heavy atom. The summed E-state index contributed by atoms with van der Waals surface area (Å²) in [6.07, 6.45) is 1.35. The maximum Gasteiger partial charge on any atom is 0.217 e. The van der Waals surface area contributed by atoms with E-state index in [1.807, 2.05) is 38.1 Å². The molecule has 2 aromatic rings. The van der Waals surface area contributed by atoms with Crippen molar-refractivity contribution in [2.45, 2.75) is 25.6 Å². The summed E-state index contributed by atoms with van der Waals surface area (Å²) in [6.45, 7) is 5.90. The Morgan fingerprint density at radius 2 is 1.96 bits per heavy atom. The quantitative estimate of drug-likeness (QED) is 0.733. The minimum atomic E-state index is -3.51. The smallest absolute Gasteiger partial charge is 0.217 e. The lowest BCUT2D eigenvalue weighted by Crippen LogP contribution is -2.38. The van der Waals surface area contributed by atoms with Crippen molar-refractivity contribution in [3.63, 3.8) is 0 Å². The first-order chi connectivity index (χ1) is 11.5. The van der Waals surface area contributed by atoms with Crippen molar-refractivity contribution >= 4 is 21.6 Å². The molecule has 1 aromatic carbocycles. The van der Waals surface area contributed by atoms with E-state index in [4.69, 9.17) is 11.6 Å². The molecule has 6 nitrogen and oxygen atoms in total. The fourth-order valence-electron chi connectivity index (χ4n) is 2.61. The van der Waals surface area contributed by atoms with Gasteiger partial charge in [0.25, 0.3) is 0 Å². The summed E-state index contributed by atoms with van der Waals surface area (Å²) >= 11 is 6.32. The third-order valence-electron chi connectivity index (χ3n) is 3.84. The van der Waals surface area contributed by atoms with E-state index in [2.05, 4.69) is 19.3 Å². The number of halogens is 1. The highest BCUT2D eigenvalue weighted by Gasteiger charge is 2.23. The van der Waals surface area contributed by atoms with E-state index in [-0.39, 0.29) is 18.3 Å². The largest absolute Gasteiger partial charge is 0.364 e. The SMILES string of the molecule is CCN(CC)C(CNS(=O)(=O)Cc1ccon1)c1ccccc1Cl. The first-order valence-corrected chi connectivity index (χ1v) is 9.85. The van der Waals surface area contributed by atoms with Crippen LogP contribution in [0.3, 0.4) is 0 Å². The van der Waals surface area contributed by atoms with E-state index >= 15 is 0 Å². The molecule has 0 amide bonds. The van der Waals surface area contributed by atoms with Gasteiger partial charge in [-0.2, -0.15) is 0 Å². The fraction of sp³-hybridized carbons (Fsp3) is 0.438. The van der Waals surface area contributed by atoms with Gasteiger partial charge in [0.2, 0.25) is 10.0 Å². The average molecular weight is 372 g/mol. The molecule has 24 heavy (non-hydrogen) atoms. The van der Waals surface area contributed by atoms with Crippen LogP contribution in [0.2, 0.25) is 5.02 Å². The zero-order valence-electron chi connectivity index (χ0n) is 13.8. The molecule has 1 atom stereocenters. The van der Waals surface area contributed by atoms with Gasteiger partial charge in [-0.3, -0.25) is 4.90 Å². The van der Waals surface area contributed by atoms with Gasteiger partial charge in [-0.1, -0.05) is 48.8 Å². The van der Waals surface area contributed by atoms with Crippen molar-refractivity contribution in [3.8, 4) is 0 Å². The van der Waals surface area contributed by atoms with Gasteiger partial charge < -0.3 is 4.52 Å². The zero-order chi connectivity index (χ0) is 17.6. The molecule has 132 valence electrons. The van der Waals surface area contributed by atoms with Crippen molar-refractivity contribution < 1.29 is 12.9 Å². The van der Waals surface area contributed by atoms with Crippen molar-refractivity contribution in [2.24, 2.45) is 0 Å². The Labute approximate surface area is 147 Å². The Morgan fingerprint density at radius 3 is 2.54 bits per heavy atom. The summed E-state index contributed by atoms with van der Waals surface area (Å²) in [6, 6.07) is 8.91. The fourth-order valence-corrected chi connectivity index (χ4v) is 3.92. The van der Waals surface area contributed by atoms with Crippen LogP contribution in [-0.4, -0.2) is 38.1 Å². The third-order valence-corrected chi connectivity index (χ3v) is 5.47. The molecule has 2 rings (SSSR count). The number of nitrogens with zero attached hydrogens (tertiary/aromatic N) is 2. The maximum absolute atomic E-state index is 12.3. The summed E-state index contributed by atoms with van der Waals surface area (Å²) in [5.41, 5.74) is 1.28. The van der Waals surface area contributed by atoms with Crippen LogP contribution in [0.1, 0.15) is 31.1 Å². The number of aromatic nitrogens is 1. The summed E-state index contributed by atoms with van der Waals surface area (Å²) < 4.78 is 31.9. The first-order valence-electron chi connectivity index (χ1n) is 7.82. The Kier molecular flexibility index (Phi) is 6.79. The Hall–Kier alpha value is -1.41. The van der Waals surface area contributed by atoms with Crippen molar-refractivity contribution in [3.05, 3.63) is 52.9 Å². The number of hydrogen-bond donors (Lipinski definition) is 1. The molecule has 8 heteroatoms. The molecule has 0 radical (unpaired) electrons. The predicted octanol–water partition coefficient (Wildman–Crippen LogP) is 2.83. The van der Waals surface area contributed by atoms with Gasteiger partial charge in [-0.15, -0.1) is 0 Å². The number of rotatable bonds is 9. The van der Waals surface area contributed by atoms with Crippen molar-refractivity contribution in [1.82, 2.24) is 14.8 Å². The number of likely N-dealkylation sites (N-methyl/N-ethyl adjacent to an activating group) is 1. The van der Waals surface area contributed by atoms with E-state index < -0.39 is 10.0 Å². The molecular formula is C16H22ClN3O3S. The van der Waals surface area contributed by atoms with Gasteiger partial charge in [-0.25, -0.2) is 13.1 Å². The molecule has 1 N–H and O–H groups in total. The third kappa shape index (κ3) is 5.04. The summed E-state index contributed by atoms with van der Waals surface area (Å²) in [4.78, 5) is 2.17. The summed E-state index contributed by atoms with van der Waals surface area (Å²) in [7, 11) is -3.51. The lowest BCUT2D eigenvalue weighted by molar-refractivity contribution is 0.220. The van der Waals surface area contributed by atoms with E-state index in [9.17, 15) is 8.42 Å². The van der Waals surface area contributed by atoms with Crippen LogP contribution in [0.15, 0.2) is 41.1 Å². The second-order valence-corrected chi connectivity index (χ2v) is 7.57. The van der Waals surface area contributed by atoms with Crippen LogP contribution >= 0.6 is 11.6 Å². The molecule has 0 saturated carbocycles. The van der Waals surface area contributed by atoms with Gasteiger partial charge in [0.1, 0.15) is 12.0 Å². The lowest BCUT2D eigenvalue weighted by atomic mass is 10.1. The van der Waals surface area contributed by atoms with Crippen LogP contribution in [-0.2, 0) is 15.8 Å². The molecule has 0 aliphatic heterocycles. The van der Waals surface area contributed by atoms with E-state index in [0.29, 0.717) is 10.7 Å². The number of benzene rings is 1. The maximum atomic E-state index is 12.3. The normalized spacial score (nSPS) is 13.3. The van der Waals surface area contributed by atoms with Crippen LogP contribution in [0, 0.1) is 0 Å². The molecule has 0 bridgehead atoms.